The van der Waals surface area contributed by atoms with Gasteiger partial charge < -0.3 is 9.32 Å². The van der Waals surface area contributed by atoms with Gasteiger partial charge >= 0.3 is 0 Å². The molecule has 0 spiro atoms. The lowest BCUT2D eigenvalue weighted by atomic mass is 9.65. The quantitative estimate of drug-likeness (QED) is 0.489. The second-order valence-corrected chi connectivity index (χ2v) is 11.3. The summed E-state index contributed by atoms with van der Waals surface area (Å²) in [4.78, 5) is 15.4. The third-order valence-electron chi connectivity index (χ3n) is 6.70. The molecule has 0 N–H and O–H groups in total. The van der Waals surface area contributed by atoms with Gasteiger partial charge in [-0.15, -0.1) is 10.2 Å². The van der Waals surface area contributed by atoms with E-state index < -0.39 is 0 Å². The van der Waals surface area contributed by atoms with E-state index in [9.17, 15) is 4.79 Å². The number of nitrogens with zero attached hydrogens (tertiary/aromatic N) is 4. The van der Waals surface area contributed by atoms with E-state index >= 15 is 0 Å². The van der Waals surface area contributed by atoms with Gasteiger partial charge in [0, 0.05) is 12.6 Å². The van der Waals surface area contributed by atoms with E-state index in [0.29, 0.717) is 35.3 Å². The van der Waals surface area contributed by atoms with Crippen molar-refractivity contribution in [1.82, 2.24) is 19.7 Å². The number of carbonyl (C=O) groups is 1. The Hall–Kier alpha value is -2.54. The Bertz CT molecular complexity index is 1090. The Labute approximate surface area is 193 Å². The summed E-state index contributed by atoms with van der Waals surface area (Å²) < 4.78 is 7.63. The molecule has 168 valence electrons. The summed E-state index contributed by atoms with van der Waals surface area (Å²) in [5.74, 6) is 1.93. The van der Waals surface area contributed by atoms with Crippen LogP contribution in [-0.4, -0.2) is 43.9 Å². The lowest BCUT2D eigenvalue weighted by Crippen LogP contribution is -2.38. The van der Waals surface area contributed by atoms with Crippen LogP contribution in [0.3, 0.4) is 0 Å². The molecular formula is C25H30N4O2S. The van der Waals surface area contributed by atoms with Gasteiger partial charge in [0.15, 0.2) is 10.9 Å². The summed E-state index contributed by atoms with van der Waals surface area (Å²) in [5, 5.41) is 9.54. The molecular weight excluding hydrogens is 420 g/mol. The fourth-order valence-corrected chi connectivity index (χ4v) is 6.68. The molecule has 3 heterocycles. The number of benzene rings is 1. The molecule has 2 bridgehead atoms. The highest BCUT2D eigenvalue weighted by molar-refractivity contribution is 7.99. The molecule has 32 heavy (non-hydrogen) atoms. The number of fused-ring (bicyclic) bond motifs is 2. The first-order valence-electron chi connectivity index (χ1n) is 11.3. The average molecular weight is 451 g/mol. The Morgan fingerprint density at radius 3 is 2.69 bits per heavy atom. The minimum atomic E-state index is 0.204. The van der Waals surface area contributed by atoms with Crippen molar-refractivity contribution in [2.45, 2.75) is 57.8 Å². The van der Waals surface area contributed by atoms with Gasteiger partial charge in [0.2, 0.25) is 11.7 Å². The van der Waals surface area contributed by atoms with Gasteiger partial charge in [-0.3, -0.25) is 9.36 Å². The summed E-state index contributed by atoms with van der Waals surface area (Å²) in [6, 6.07) is 14.3. The van der Waals surface area contributed by atoms with Gasteiger partial charge in [0.25, 0.3) is 0 Å². The summed E-state index contributed by atoms with van der Waals surface area (Å²) in [7, 11) is 0. The van der Waals surface area contributed by atoms with Gasteiger partial charge in [-0.05, 0) is 47.8 Å². The number of aromatic nitrogens is 3. The first-order valence-corrected chi connectivity index (χ1v) is 12.2. The molecule has 2 aromatic heterocycles. The number of hydrogen-bond acceptors (Lipinski definition) is 5. The molecule has 2 aliphatic rings. The van der Waals surface area contributed by atoms with Crippen molar-refractivity contribution in [1.29, 1.82) is 0 Å². The Kier molecular flexibility index (Phi) is 5.40. The first kappa shape index (κ1) is 21.3. The Morgan fingerprint density at radius 2 is 1.94 bits per heavy atom. The second kappa shape index (κ2) is 8.10. The molecule has 1 saturated heterocycles. The highest BCUT2D eigenvalue weighted by Gasteiger charge is 2.50. The number of thioether (sulfide) groups is 1. The third kappa shape index (κ3) is 4.22. The van der Waals surface area contributed by atoms with Crippen molar-refractivity contribution in [3.05, 3.63) is 54.3 Å². The molecule has 0 radical (unpaired) electrons. The van der Waals surface area contributed by atoms with Crippen LogP contribution < -0.4 is 0 Å². The number of rotatable bonds is 6. The smallest absolute Gasteiger partial charge is 0.233 e. The topological polar surface area (TPSA) is 64.2 Å². The molecule has 7 heteroatoms. The van der Waals surface area contributed by atoms with Crippen LogP contribution in [-0.2, 0) is 11.3 Å². The SMILES string of the molecule is CC1(C)CC2CC(C)(CN2C(=O)CSc2nnc(-c3ccco3)n2Cc2ccccc2)C1. The van der Waals surface area contributed by atoms with Crippen molar-refractivity contribution in [2.24, 2.45) is 10.8 Å². The lowest BCUT2D eigenvalue weighted by Gasteiger charge is -2.39. The maximum absolute atomic E-state index is 13.2. The highest BCUT2D eigenvalue weighted by atomic mass is 32.2. The van der Waals surface area contributed by atoms with Crippen LogP contribution in [0, 0.1) is 10.8 Å². The molecule has 2 atom stereocenters. The zero-order chi connectivity index (χ0) is 22.3. The summed E-state index contributed by atoms with van der Waals surface area (Å²) in [5.41, 5.74) is 1.69. The number of likely N-dealkylation sites (tertiary alicyclic amines) is 1. The minimum Gasteiger partial charge on any atom is -0.461 e. The van der Waals surface area contributed by atoms with Gasteiger partial charge in [0.05, 0.1) is 18.6 Å². The van der Waals surface area contributed by atoms with E-state index in [1.165, 1.54) is 18.2 Å². The van der Waals surface area contributed by atoms with Crippen LogP contribution in [0.4, 0.5) is 0 Å². The predicted octanol–water partition coefficient (Wildman–Crippen LogP) is 5.11. The van der Waals surface area contributed by atoms with E-state index in [1.54, 1.807) is 6.26 Å². The van der Waals surface area contributed by atoms with Crippen molar-refractivity contribution in [3.8, 4) is 11.6 Å². The van der Waals surface area contributed by atoms with Gasteiger partial charge in [-0.25, -0.2) is 0 Å². The third-order valence-corrected chi connectivity index (χ3v) is 7.65. The fraction of sp³-hybridized carbons (Fsp3) is 0.480. The van der Waals surface area contributed by atoms with E-state index in [-0.39, 0.29) is 11.3 Å². The van der Waals surface area contributed by atoms with Crippen LogP contribution in [0.5, 0.6) is 0 Å². The molecule has 1 aromatic carbocycles. The van der Waals surface area contributed by atoms with Gasteiger partial charge in [-0.2, -0.15) is 0 Å². The standard InChI is InChI=1S/C25H30N4O2S/c1-24(2)12-19-13-25(3,16-24)17-29(19)21(30)15-32-23-27-26-22(20-10-7-11-31-20)28(23)14-18-8-5-4-6-9-18/h4-11,19H,12-17H2,1-3H3. The Balaban J connectivity index is 1.34. The molecule has 2 unspecified atom stereocenters. The van der Waals surface area contributed by atoms with Gasteiger partial charge in [0.1, 0.15) is 0 Å². The largest absolute Gasteiger partial charge is 0.461 e. The minimum absolute atomic E-state index is 0.204. The number of carbonyl (C=O) groups excluding carboxylic acids is 1. The second-order valence-electron chi connectivity index (χ2n) is 10.4. The molecule has 2 fully saturated rings. The maximum Gasteiger partial charge on any atom is 0.233 e. The van der Waals surface area contributed by atoms with Crippen molar-refractivity contribution in [3.63, 3.8) is 0 Å². The van der Waals surface area contributed by atoms with Crippen LogP contribution in [0.1, 0.15) is 45.6 Å². The normalized spacial score (nSPS) is 24.1. The van der Waals surface area contributed by atoms with Crippen LogP contribution in [0.15, 0.2) is 58.3 Å². The molecule has 6 nitrogen and oxygen atoms in total. The molecule has 5 rings (SSSR count). The fourth-order valence-electron chi connectivity index (χ4n) is 5.85. The maximum atomic E-state index is 13.2. The summed E-state index contributed by atoms with van der Waals surface area (Å²) >= 11 is 1.47. The van der Waals surface area contributed by atoms with Crippen LogP contribution in [0.25, 0.3) is 11.6 Å². The van der Waals surface area contributed by atoms with Gasteiger partial charge in [-0.1, -0.05) is 62.9 Å². The monoisotopic (exact) mass is 450 g/mol. The van der Waals surface area contributed by atoms with E-state index in [1.807, 2.05) is 34.9 Å². The number of hydrogen-bond donors (Lipinski definition) is 0. The molecule has 1 aliphatic heterocycles. The lowest BCUT2D eigenvalue weighted by molar-refractivity contribution is -0.129. The molecule has 1 saturated carbocycles. The average Bonchev–Trinajstić information content (AvgIpc) is 3.44. The Morgan fingerprint density at radius 1 is 1.12 bits per heavy atom. The molecule has 3 aromatic rings. The van der Waals surface area contributed by atoms with E-state index in [4.69, 9.17) is 4.42 Å². The first-order chi connectivity index (χ1) is 15.3. The van der Waals surface area contributed by atoms with Crippen LogP contribution >= 0.6 is 11.8 Å². The van der Waals surface area contributed by atoms with Crippen molar-refractivity contribution < 1.29 is 9.21 Å². The highest BCUT2D eigenvalue weighted by Crippen LogP contribution is 2.52. The summed E-state index contributed by atoms with van der Waals surface area (Å²) in [6.45, 7) is 8.51. The zero-order valence-electron chi connectivity index (χ0n) is 19.0. The number of amides is 1. The van der Waals surface area contributed by atoms with Crippen LogP contribution in [0.2, 0.25) is 0 Å². The molecule has 1 aliphatic carbocycles. The van der Waals surface area contributed by atoms with Crippen molar-refractivity contribution in [2.75, 3.05) is 12.3 Å². The number of furan rings is 1. The zero-order valence-corrected chi connectivity index (χ0v) is 19.8. The predicted molar refractivity (Wildman–Crippen MR) is 125 cm³/mol. The van der Waals surface area contributed by atoms with Crippen molar-refractivity contribution >= 4 is 17.7 Å². The van der Waals surface area contributed by atoms with E-state index in [2.05, 4.69) is 48.0 Å². The van der Waals surface area contributed by atoms with E-state index in [0.717, 1.165) is 30.1 Å². The summed E-state index contributed by atoms with van der Waals surface area (Å²) in [6.07, 6.45) is 5.04. The molecule has 1 amide bonds.